The SMILES string of the molecule is N#Cc1ccccc1NC(=O)Nc1cc(F)ccc1F. The number of nitriles is 1. The number of amides is 2. The molecule has 2 N–H and O–H groups in total. The third kappa shape index (κ3) is 3.09. The first-order chi connectivity index (χ1) is 9.60. The fourth-order valence-corrected chi connectivity index (χ4v) is 1.56. The van der Waals surface area contributed by atoms with E-state index in [4.69, 9.17) is 5.26 Å². The fraction of sp³-hybridized carbons (Fsp3) is 0. The van der Waals surface area contributed by atoms with Crippen molar-refractivity contribution in [1.29, 1.82) is 5.26 Å². The Balaban J connectivity index is 2.14. The molecule has 2 aromatic rings. The van der Waals surface area contributed by atoms with E-state index in [0.29, 0.717) is 0 Å². The van der Waals surface area contributed by atoms with Gasteiger partial charge in [0, 0.05) is 6.07 Å². The molecule has 0 bridgehead atoms. The zero-order valence-corrected chi connectivity index (χ0v) is 10.2. The van der Waals surface area contributed by atoms with Crippen LogP contribution < -0.4 is 10.6 Å². The standard InChI is InChI=1S/C14H9F2N3O/c15-10-5-6-11(16)13(7-10)19-14(20)18-12-4-2-1-3-9(12)8-17/h1-7H,(H2,18,19,20). The van der Waals surface area contributed by atoms with Crippen molar-refractivity contribution in [1.82, 2.24) is 0 Å². The van der Waals surface area contributed by atoms with Gasteiger partial charge >= 0.3 is 6.03 Å². The molecule has 6 heteroatoms. The zero-order valence-electron chi connectivity index (χ0n) is 10.2. The molecule has 100 valence electrons. The lowest BCUT2D eigenvalue weighted by molar-refractivity contribution is 0.262. The topological polar surface area (TPSA) is 64.9 Å². The van der Waals surface area contributed by atoms with Gasteiger partial charge in [-0.25, -0.2) is 13.6 Å². The summed E-state index contributed by atoms with van der Waals surface area (Å²) in [7, 11) is 0. The van der Waals surface area contributed by atoms with Gasteiger partial charge < -0.3 is 10.6 Å². The summed E-state index contributed by atoms with van der Waals surface area (Å²) in [5, 5.41) is 13.4. The molecule has 0 aliphatic heterocycles. The van der Waals surface area contributed by atoms with Gasteiger partial charge in [0.05, 0.1) is 16.9 Å². The van der Waals surface area contributed by atoms with Crippen molar-refractivity contribution >= 4 is 17.4 Å². The monoisotopic (exact) mass is 273 g/mol. The molecule has 0 aliphatic carbocycles. The summed E-state index contributed by atoms with van der Waals surface area (Å²) in [5.41, 5.74) is 0.267. The van der Waals surface area contributed by atoms with E-state index >= 15 is 0 Å². The van der Waals surface area contributed by atoms with Crippen LogP contribution in [0.3, 0.4) is 0 Å². The van der Waals surface area contributed by atoms with E-state index in [-0.39, 0.29) is 16.9 Å². The Morgan fingerprint density at radius 2 is 1.75 bits per heavy atom. The van der Waals surface area contributed by atoms with Crippen LogP contribution in [0.1, 0.15) is 5.56 Å². The molecule has 0 saturated heterocycles. The quantitative estimate of drug-likeness (QED) is 0.879. The predicted octanol–water partition coefficient (Wildman–Crippen LogP) is 3.48. The molecule has 20 heavy (non-hydrogen) atoms. The fourth-order valence-electron chi connectivity index (χ4n) is 1.56. The van der Waals surface area contributed by atoms with E-state index < -0.39 is 17.7 Å². The van der Waals surface area contributed by atoms with Gasteiger partial charge in [0.15, 0.2) is 0 Å². The van der Waals surface area contributed by atoms with Gasteiger partial charge in [0.25, 0.3) is 0 Å². The van der Waals surface area contributed by atoms with Gasteiger partial charge in [-0.05, 0) is 24.3 Å². The maximum atomic E-state index is 13.4. The van der Waals surface area contributed by atoms with E-state index in [1.807, 2.05) is 6.07 Å². The minimum absolute atomic E-state index is 0.266. The number of para-hydroxylation sites is 1. The number of hydrogen-bond donors (Lipinski definition) is 2. The van der Waals surface area contributed by atoms with Gasteiger partial charge in [-0.1, -0.05) is 12.1 Å². The molecule has 0 aromatic heterocycles. The lowest BCUT2D eigenvalue weighted by Crippen LogP contribution is -2.20. The van der Waals surface area contributed by atoms with Crippen molar-refractivity contribution in [3.8, 4) is 6.07 Å². The Kier molecular flexibility index (Phi) is 3.91. The average molecular weight is 273 g/mol. The number of carbonyl (C=O) groups excluding carboxylic acids is 1. The second-order valence-corrected chi connectivity index (χ2v) is 3.86. The molecule has 0 saturated carbocycles. The summed E-state index contributed by atoms with van der Waals surface area (Å²) >= 11 is 0. The van der Waals surface area contributed by atoms with Crippen molar-refractivity contribution in [3.05, 3.63) is 59.7 Å². The molecule has 0 fully saturated rings. The summed E-state index contributed by atoms with van der Waals surface area (Å²) in [6.07, 6.45) is 0. The average Bonchev–Trinajstić information content (AvgIpc) is 2.43. The Hall–Kier alpha value is -2.94. The summed E-state index contributed by atoms with van der Waals surface area (Å²) in [5.74, 6) is -1.42. The molecule has 2 aromatic carbocycles. The third-order valence-electron chi connectivity index (χ3n) is 2.47. The maximum absolute atomic E-state index is 13.4. The van der Waals surface area contributed by atoms with Crippen LogP contribution in [0.25, 0.3) is 0 Å². The third-order valence-corrected chi connectivity index (χ3v) is 2.47. The zero-order chi connectivity index (χ0) is 14.5. The molecule has 0 atom stereocenters. The molecule has 2 amide bonds. The summed E-state index contributed by atoms with van der Waals surface area (Å²) < 4.78 is 26.3. The van der Waals surface area contributed by atoms with Gasteiger partial charge in [-0.3, -0.25) is 0 Å². The second kappa shape index (κ2) is 5.80. The van der Waals surface area contributed by atoms with E-state index in [2.05, 4.69) is 10.6 Å². The molecule has 0 aliphatic rings. The predicted molar refractivity (Wildman–Crippen MR) is 70.2 cm³/mol. The van der Waals surface area contributed by atoms with Crippen LogP contribution in [0.2, 0.25) is 0 Å². The molecule has 0 heterocycles. The van der Waals surface area contributed by atoms with Gasteiger partial charge in [-0.2, -0.15) is 5.26 Å². The first-order valence-electron chi connectivity index (χ1n) is 5.62. The minimum atomic E-state index is -0.766. The lowest BCUT2D eigenvalue weighted by Gasteiger charge is -2.09. The maximum Gasteiger partial charge on any atom is 0.323 e. The Morgan fingerprint density at radius 1 is 1.05 bits per heavy atom. The molecular formula is C14H9F2N3O. The summed E-state index contributed by atoms with van der Waals surface area (Å²) in [4.78, 5) is 11.7. The number of nitrogens with one attached hydrogen (secondary N) is 2. The van der Waals surface area contributed by atoms with Gasteiger partial charge in [0.1, 0.15) is 17.7 Å². The second-order valence-electron chi connectivity index (χ2n) is 3.86. The van der Waals surface area contributed by atoms with Crippen LogP contribution in [0, 0.1) is 23.0 Å². The highest BCUT2D eigenvalue weighted by Crippen LogP contribution is 2.17. The molecule has 0 unspecified atom stereocenters. The van der Waals surface area contributed by atoms with Crippen molar-refractivity contribution < 1.29 is 13.6 Å². The minimum Gasteiger partial charge on any atom is -0.306 e. The Morgan fingerprint density at radius 3 is 2.50 bits per heavy atom. The molecule has 4 nitrogen and oxygen atoms in total. The normalized spacial score (nSPS) is 9.65. The number of carbonyl (C=O) groups is 1. The van der Waals surface area contributed by atoms with Gasteiger partial charge in [-0.15, -0.1) is 0 Å². The van der Waals surface area contributed by atoms with Crippen LogP contribution in [0.4, 0.5) is 25.0 Å². The van der Waals surface area contributed by atoms with Crippen molar-refractivity contribution in [2.75, 3.05) is 10.6 Å². The van der Waals surface area contributed by atoms with E-state index in [9.17, 15) is 13.6 Å². The van der Waals surface area contributed by atoms with Gasteiger partial charge in [0.2, 0.25) is 0 Å². The highest BCUT2D eigenvalue weighted by atomic mass is 19.1. The van der Waals surface area contributed by atoms with Crippen LogP contribution >= 0.6 is 0 Å². The number of benzene rings is 2. The van der Waals surface area contributed by atoms with E-state index in [0.717, 1.165) is 18.2 Å². The first kappa shape index (κ1) is 13.5. The Bertz CT molecular complexity index is 695. The van der Waals surface area contributed by atoms with Crippen molar-refractivity contribution in [3.63, 3.8) is 0 Å². The Labute approximate surface area is 113 Å². The smallest absolute Gasteiger partial charge is 0.306 e. The molecular weight excluding hydrogens is 264 g/mol. The number of urea groups is 1. The van der Waals surface area contributed by atoms with E-state index in [1.165, 1.54) is 12.1 Å². The summed E-state index contributed by atoms with van der Waals surface area (Å²) in [6, 6.07) is 10.2. The van der Waals surface area contributed by atoms with Crippen molar-refractivity contribution in [2.45, 2.75) is 0 Å². The number of rotatable bonds is 2. The number of nitrogens with zero attached hydrogens (tertiary/aromatic N) is 1. The summed E-state index contributed by atoms with van der Waals surface area (Å²) in [6.45, 7) is 0. The number of halogens is 2. The van der Waals surface area contributed by atoms with Crippen LogP contribution in [0.15, 0.2) is 42.5 Å². The van der Waals surface area contributed by atoms with Crippen molar-refractivity contribution in [2.24, 2.45) is 0 Å². The van der Waals surface area contributed by atoms with Crippen LogP contribution in [0.5, 0.6) is 0 Å². The number of hydrogen-bond acceptors (Lipinski definition) is 2. The first-order valence-corrected chi connectivity index (χ1v) is 5.62. The van der Waals surface area contributed by atoms with Crippen LogP contribution in [-0.4, -0.2) is 6.03 Å². The van der Waals surface area contributed by atoms with Crippen LogP contribution in [-0.2, 0) is 0 Å². The lowest BCUT2D eigenvalue weighted by atomic mass is 10.2. The largest absolute Gasteiger partial charge is 0.323 e. The van der Waals surface area contributed by atoms with E-state index in [1.54, 1.807) is 12.1 Å². The molecule has 0 spiro atoms. The molecule has 0 radical (unpaired) electrons. The molecule has 2 rings (SSSR count). The highest BCUT2D eigenvalue weighted by Gasteiger charge is 2.09. The highest BCUT2D eigenvalue weighted by molar-refractivity contribution is 6.00. The number of anilines is 2.